The average Bonchev–Trinajstić information content (AvgIpc) is 3.08. The van der Waals surface area contributed by atoms with Crippen LogP contribution in [0.3, 0.4) is 0 Å². The Morgan fingerprint density at radius 1 is 1.40 bits per heavy atom. The fraction of sp³-hybridized carbons (Fsp3) is 0.467. The minimum absolute atomic E-state index is 0.0230. The number of hydrogen-bond donors (Lipinski definition) is 0. The summed E-state index contributed by atoms with van der Waals surface area (Å²) in [5.41, 5.74) is 0.342. The summed E-state index contributed by atoms with van der Waals surface area (Å²) in [5, 5.41) is 4.00. The molecule has 20 heavy (non-hydrogen) atoms. The van der Waals surface area contributed by atoms with Gasteiger partial charge in [0.1, 0.15) is 5.82 Å². The molecule has 1 aromatic rings. The number of halogens is 1. The summed E-state index contributed by atoms with van der Waals surface area (Å²) >= 11 is 0. The van der Waals surface area contributed by atoms with Crippen LogP contribution in [0.25, 0.3) is 0 Å². The SMILES string of the molecule is C[C@@]1(C(=O)N2CCCC2)CC(c2cccc(F)c2)=NO1. The van der Waals surface area contributed by atoms with Gasteiger partial charge in [-0.05, 0) is 31.9 Å². The van der Waals surface area contributed by atoms with Crippen molar-refractivity contribution in [2.24, 2.45) is 5.16 Å². The van der Waals surface area contributed by atoms with Gasteiger partial charge in [0.2, 0.25) is 5.60 Å². The molecule has 5 heteroatoms. The quantitative estimate of drug-likeness (QED) is 0.832. The van der Waals surface area contributed by atoms with Crippen LogP contribution in [-0.2, 0) is 9.63 Å². The first-order valence-electron chi connectivity index (χ1n) is 6.89. The Bertz CT molecular complexity index is 567. The van der Waals surface area contributed by atoms with Gasteiger partial charge >= 0.3 is 0 Å². The average molecular weight is 276 g/mol. The van der Waals surface area contributed by atoms with E-state index in [1.165, 1.54) is 12.1 Å². The topological polar surface area (TPSA) is 41.9 Å². The van der Waals surface area contributed by atoms with Crippen LogP contribution in [0.2, 0.25) is 0 Å². The zero-order valence-corrected chi connectivity index (χ0v) is 11.4. The molecular formula is C15H17FN2O2. The molecule has 1 amide bonds. The molecule has 1 fully saturated rings. The van der Waals surface area contributed by atoms with Gasteiger partial charge in [-0.1, -0.05) is 17.3 Å². The lowest BCUT2D eigenvalue weighted by molar-refractivity contribution is -0.152. The minimum Gasteiger partial charge on any atom is -0.379 e. The lowest BCUT2D eigenvalue weighted by Gasteiger charge is -2.26. The van der Waals surface area contributed by atoms with Gasteiger partial charge < -0.3 is 9.74 Å². The number of amides is 1. The zero-order chi connectivity index (χ0) is 14.2. The van der Waals surface area contributed by atoms with E-state index in [0.717, 1.165) is 25.9 Å². The van der Waals surface area contributed by atoms with Crippen molar-refractivity contribution in [1.29, 1.82) is 0 Å². The highest BCUT2D eigenvalue weighted by Gasteiger charge is 2.45. The lowest BCUT2D eigenvalue weighted by Crippen LogP contribution is -2.46. The normalized spacial score (nSPS) is 25.5. The van der Waals surface area contributed by atoms with Gasteiger partial charge in [-0.15, -0.1) is 0 Å². The van der Waals surface area contributed by atoms with Crippen molar-refractivity contribution >= 4 is 11.6 Å². The highest BCUT2D eigenvalue weighted by atomic mass is 19.1. The van der Waals surface area contributed by atoms with Crippen LogP contribution < -0.4 is 0 Å². The summed E-state index contributed by atoms with van der Waals surface area (Å²) in [7, 11) is 0. The Balaban J connectivity index is 1.75. The standard InChI is InChI=1S/C15H17FN2O2/c1-15(14(19)18-7-2-3-8-18)10-13(17-20-15)11-5-4-6-12(16)9-11/h4-6,9H,2-3,7-8,10H2,1H3/t15-/m0/s1. The minimum atomic E-state index is -0.952. The second-order valence-corrected chi connectivity index (χ2v) is 5.55. The van der Waals surface area contributed by atoms with Gasteiger partial charge in [-0.25, -0.2) is 4.39 Å². The van der Waals surface area contributed by atoms with E-state index in [0.29, 0.717) is 17.7 Å². The smallest absolute Gasteiger partial charge is 0.269 e. The first-order valence-corrected chi connectivity index (χ1v) is 6.89. The molecule has 3 rings (SSSR count). The third-order valence-electron chi connectivity index (χ3n) is 3.87. The number of carbonyl (C=O) groups is 1. The van der Waals surface area contributed by atoms with E-state index < -0.39 is 5.60 Å². The van der Waals surface area contributed by atoms with Gasteiger partial charge in [-0.3, -0.25) is 4.79 Å². The van der Waals surface area contributed by atoms with Crippen molar-refractivity contribution in [3.8, 4) is 0 Å². The number of benzene rings is 1. The second kappa shape index (κ2) is 4.89. The van der Waals surface area contributed by atoms with Crippen molar-refractivity contribution in [3.05, 3.63) is 35.6 Å². The van der Waals surface area contributed by atoms with E-state index in [2.05, 4.69) is 5.16 Å². The van der Waals surface area contributed by atoms with E-state index >= 15 is 0 Å². The number of carbonyl (C=O) groups excluding carboxylic acids is 1. The molecule has 0 aromatic heterocycles. The Morgan fingerprint density at radius 2 is 2.15 bits per heavy atom. The number of oxime groups is 1. The molecule has 1 aromatic carbocycles. The van der Waals surface area contributed by atoms with Crippen molar-refractivity contribution in [2.45, 2.75) is 31.8 Å². The van der Waals surface area contributed by atoms with Crippen molar-refractivity contribution in [2.75, 3.05) is 13.1 Å². The predicted molar refractivity (Wildman–Crippen MR) is 72.9 cm³/mol. The summed E-state index contributed by atoms with van der Waals surface area (Å²) < 4.78 is 13.2. The maximum absolute atomic E-state index is 13.2. The molecule has 2 aliphatic rings. The second-order valence-electron chi connectivity index (χ2n) is 5.55. The Hall–Kier alpha value is -1.91. The van der Waals surface area contributed by atoms with E-state index in [9.17, 15) is 9.18 Å². The Labute approximate surface area is 117 Å². The van der Waals surface area contributed by atoms with Gasteiger partial charge in [-0.2, -0.15) is 0 Å². The molecule has 0 aliphatic carbocycles. The van der Waals surface area contributed by atoms with Crippen LogP contribution in [0.1, 0.15) is 31.7 Å². The molecule has 0 spiro atoms. The Kier molecular flexibility index (Phi) is 3.20. The van der Waals surface area contributed by atoms with E-state index in [1.54, 1.807) is 19.1 Å². The first kappa shape index (κ1) is 13.1. The summed E-state index contributed by atoms with van der Waals surface area (Å²) in [6, 6.07) is 6.20. The highest BCUT2D eigenvalue weighted by molar-refractivity contribution is 6.05. The van der Waals surface area contributed by atoms with Crippen LogP contribution in [0.5, 0.6) is 0 Å². The zero-order valence-electron chi connectivity index (χ0n) is 11.4. The van der Waals surface area contributed by atoms with Crippen LogP contribution in [0, 0.1) is 5.82 Å². The number of hydrogen-bond acceptors (Lipinski definition) is 3. The van der Waals surface area contributed by atoms with Gasteiger partial charge in [0.05, 0.1) is 5.71 Å². The van der Waals surface area contributed by atoms with Crippen LogP contribution in [-0.4, -0.2) is 35.2 Å². The summed E-state index contributed by atoms with van der Waals surface area (Å²) in [6.07, 6.45) is 2.46. The van der Waals surface area contributed by atoms with Crippen molar-refractivity contribution in [1.82, 2.24) is 4.90 Å². The largest absolute Gasteiger partial charge is 0.379 e. The molecule has 2 aliphatic heterocycles. The van der Waals surface area contributed by atoms with Gasteiger partial charge in [0, 0.05) is 25.1 Å². The third kappa shape index (κ3) is 2.28. The van der Waals surface area contributed by atoms with E-state index in [1.807, 2.05) is 4.90 Å². The molecule has 0 saturated carbocycles. The van der Waals surface area contributed by atoms with Crippen molar-refractivity contribution in [3.63, 3.8) is 0 Å². The van der Waals surface area contributed by atoms with Gasteiger partial charge in [0.25, 0.3) is 5.91 Å². The molecule has 0 N–H and O–H groups in total. The molecule has 2 heterocycles. The maximum Gasteiger partial charge on any atom is 0.269 e. The number of rotatable bonds is 2. The molecule has 0 unspecified atom stereocenters. The summed E-state index contributed by atoms with van der Waals surface area (Å²) in [5.74, 6) is -0.338. The number of nitrogens with zero attached hydrogens (tertiary/aromatic N) is 2. The fourth-order valence-corrected chi connectivity index (χ4v) is 2.73. The van der Waals surface area contributed by atoms with Gasteiger partial charge in [0.15, 0.2) is 0 Å². The van der Waals surface area contributed by atoms with E-state index in [4.69, 9.17) is 4.84 Å². The van der Waals surface area contributed by atoms with Crippen LogP contribution in [0.4, 0.5) is 4.39 Å². The molecule has 0 bridgehead atoms. The van der Waals surface area contributed by atoms with E-state index in [-0.39, 0.29) is 11.7 Å². The molecule has 4 nitrogen and oxygen atoms in total. The molecule has 1 atom stereocenters. The molecule has 1 saturated heterocycles. The van der Waals surface area contributed by atoms with Crippen LogP contribution in [0.15, 0.2) is 29.4 Å². The summed E-state index contributed by atoms with van der Waals surface area (Å²) in [4.78, 5) is 19.7. The first-order chi connectivity index (χ1) is 9.58. The number of likely N-dealkylation sites (tertiary alicyclic amines) is 1. The fourth-order valence-electron chi connectivity index (χ4n) is 2.73. The highest BCUT2D eigenvalue weighted by Crippen LogP contribution is 2.29. The summed E-state index contributed by atoms with van der Waals surface area (Å²) in [6.45, 7) is 3.32. The van der Waals surface area contributed by atoms with Crippen LogP contribution >= 0.6 is 0 Å². The van der Waals surface area contributed by atoms with Crippen molar-refractivity contribution < 1.29 is 14.0 Å². The molecular weight excluding hydrogens is 259 g/mol. The Morgan fingerprint density at radius 3 is 2.85 bits per heavy atom. The lowest BCUT2D eigenvalue weighted by atomic mass is 9.94. The predicted octanol–water partition coefficient (Wildman–Crippen LogP) is 2.33. The monoisotopic (exact) mass is 276 g/mol. The molecule has 106 valence electrons. The maximum atomic E-state index is 13.2. The molecule has 0 radical (unpaired) electrons. The third-order valence-corrected chi connectivity index (χ3v) is 3.87.